The lowest BCUT2D eigenvalue weighted by Gasteiger charge is -2.45. The fourth-order valence-corrected chi connectivity index (χ4v) is 18.3. The Bertz CT molecular complexity index is 4770. The van der Waals surface area contributed by atoms with Gasteiger partial charge >= 0.3 is 12.1 Å². The first-order chi connectivity index (χ1) is 61.7. The molecule has 128 heavy (non-hydrogen) atoms. The molecule has 17 atom stereocenters. The van der Waals surface area contributed by atoms with Crippen LogP contribution in [-0.4, -0.2) is 292 Å². The van der Waals surface area contributed by atoms with Crippen molar-refractivity contribution < 1.29 is 96.2 Å². The van der Waals surface area contributed by atoms with Gasteiger partial charge in [-0.15, -0.1) is 0 Å². The largest absolute Gasteiger partial charge is 0.459 e. The van der Waals surface area contributed by atoms with Gasteiger partial charge in [-0.25, -0.2) is 29.4 Å². The van der Waals surface area contributed by atoms with Crippen LogP contribution in [0.15, 0.2) is 107 Å². The summed E-state index contributed by atoms with van der Waals surface area (Å²) < 4.78 is 67.2. The first kappa shape index (κ1) is 97.9. The molecule has 2 aromatic carbocycles. The molecule has 0 radical (unpaired) electrons. The number of esters is 1. The quantitative estimate of drug-likeness (QED) is 0.0134. The van der Waals surface area contributed by atoms with Crippen LogP contribution in [0.3, 0.4) is 0 Å². The van der Waals surface area contributed by atoms with Crippen LogP contribution in [-0.2, 0) is 92.6 Å². The van der Waals surface area contributed by atoms with Gasteiger partial charge in [0.2, 0.25) is 23.4 Å². The second-order valence-electron chi connectivity index (χ2n) is 35.1. The van der Waals surface area contributed by atoms with Crippen molar-refractivity contribution in [1.82, 2.24) is 54.7 Å². The lowest BCUT2D eigenvalue weighted by molar-refractivity contribution is -0.275. The zero-order chi connectivity index (χ0) is 91.1. The van der Waals surface area contributed by atoms with E-state index in [9.17, 15) is 44.4 Å². The molecule has 6 aromatic rings. The van der Waals surface area contributed by atoms with E-state index in [1.165, 1.54) is 23.9 Å². The number of nitrogen functional groups attached to an aromatic ring is 2. The summed E-state index contributed by atoms with van der Waals surface area (Å²) in [6, 6.07) is 10.0. The van der Waals surface area contributed by atoms with E-state index in [-0.39, 0.29) is 56.1 Å². The molecule has 4 fully saturated rings. The Morgan fingerprint density at radius 2 is 1.45 bits per heavy atom. The molecule has 2 bridgehead atoms. The topological polar surface area (TPSA) is 457 Å². The lowest BCUT2D eigenvalue weighted by atomic mass is 9.80. The number of aromatic nitrogens is 7. The molecule has 2 amide bonds. The second kappa shape index (κ2) is 47.1. The molecule has 9 heterocycles. The van der Waals surface area contributed by atoms with Gasteiger partial charge in [0.25, 0.3) is 6.01 Å². The molecular formula is C93H133N15O20. The summed E-state index contributed by atoms with van der Waals surface area (Å²) in [5.41, 5.74) is 27.8. The number of benzene rings is 2. The number of oxazole rings is 1. The average molecular weight is 1780 g/mol. The van der Waals surface area contributed by atoms with E-state index >= 15 is 0 Å². The highest BCUT2D eigenvalue weighted by Gasteiger charge is 2.53. The molecule has 4 aromatic heterocycles. The van der Waals surface area contributed by atoms with Crippen LogP contribution in [0.2, 0.25) is 0 Å². The summed E-state index contributed by atoms with van der Waals surface area (Å²) in [5.74, 6) is -5.53. The standard InChI is InChI=1S/C93H133N15O20/c1-57-15-11-10-12-16-58(2)75(118-7)49-69-23-18-62(6)93(117,128-69)85(113)88(114)107-28-14-13-17-72(107)89(115)125-77(50-76(119-8)59(3)44-61(5)83(111)84(112)82(110)60(4)43-57)70(94)46-63-20-24-74(78(47-63)120-9)127-92(116)99-53-65-51-97-91(98-52-65)105-32-30-104(31-33-105)34-36-122-38-40-124-42-41-123-39-37-121-35-27-79(109)106-29-26-66-45-64(19-21-68(66)55-106)54-108-87-80(86(95)100-56-101-87)81(103-108)67-22-25-73-71(48-67)102-90(96)126-73/h10-12,15-16,19,21-22,25,44-45,48,51-52,56-57,59-60,62-63,69-70,72,74-78,83-84,88,111-112,114,117H,13-14,17-18,20,23-24,26-43,46-47,49-50,53-55,94H2,1-9H3,(H2,96,102)(H,99,116)(H2,95,100,101)/b12-10?,15-11+,58-16?,61-44+/t57-,59-,60-,62-,63+,69+,70-,72+,74-,75+,76-,77+,78-,83-,84+,88?,93-/m1/s1. The molecule has 1 unspecified atom stereocenters. The van der Waals surface area contributed by atoms with Crippen molar-refractivity contribution in [2.45, 2.75) is 224 Å². The van der Waals surface area contributed by atoms with Crippen LogP contribution >= 0.6 is 0 Å². The average Bonchev–Trinajstić information content (AvgIpc) is 1.32. The Kier molecular flexibility index (Phi) is 36.0. The maximum Gasteiger partial charge on any atom is 0.407 e. The van der Waals surface area contributed by atoms with Gasteiger partial charge in [-0.2, -0.15) is 10.1 Å². The van der Waals surface area contributed by atoms with Crippen molar-refractivity contribution in [1.29, 1.82) is 0 Å². The predicted octanol–water partition coefficient (Wildman–Crippen LogP) is 7.50. The SMILES string of the molecule is CO[C@H]1C[C@@H]2CC[C@@H](C)[C@@](O)(O2)C(=O)C(O)N2CCCC[C@H]2C(=O)O[C@H]([C@H](N)C[C@@H]2CC[C@@H](OC(=O)NCc3cnc(N4CCN(CCOCCOCCOCCOCCC(=O)N5CCc6cc(Cn7nc(-c8ccc9oc(N)nc9c8)c8c(N)ncnc87)ccc6C5)CC4)nc3)[C@H](OC)C2)C[C@@H](OC)[C@H](C)/C=C(\C)[C@@H](O)[C@@H](O)C(=O)[C@H](C)C[C@H](C)/C=C/C=CC=C1C. The minimum Gasteiger partial charge on any atom is -0.459 e. The van der Waals surface area contributed by atoms with E-state index in [1.54, 1.807) is 59.5 Å². The van der Waals surface area contributed by atoms with E-state index < -0.39 is 114 Å². The summed E-state index contributed by atoms with van der Waals surface area (Å²) in [7, 11) is 4.65. The van der Waals surface area contributed by atoms with E-state index in [0.29, 0.717) is 187 Å². The van der Waals surface area contributed by atoms with Crippen molar-refractivity contribution in [3.05, 3.63) is 125 Å². The Hall–Kier alpha value is -9.15. The number of aliphatic hydroxyl groups is 4. The third-order valence-corrected chi connectivity index (χ3v) is 26.0. The Morgan fingerprint density at radius 3 is 2.19 bits per heavy atom. The summed E-state index contributed by atoms with van der Waals surface area (Å²) in [6.07, 6.45) is 12.3. The van der Waals surface area contributed by atoms with Crippen LogP contribution in [0.4, 0.5) is 22.6 Å². The number of methoxy groups -OCH3 is 3. The van der Waals surface area contributed by atoms with Gasteiger partial charge in [0.05, 0.1) is 95.6 Å². The molecular weight excluding hydrogens is 1650 g/mol. The number of aliphatic hydroxyl groups excluding tert-OH is 3. The normalized spacial score (nSPS) is 28.4. The van der Waals surface area contributed by atoms with E-state index in [2.05, 4.69) is 58.2 Å². The zero-order valence-corrected chi connectivity index (χ0v) is 75.5. The van der Waals surface area contributed by atoms with Crippen LogP contribution < -0.4 is 27.4 Å². The van der Waals surface area contributed by atoms with Crippen LogP contribution in [0.1, 0.15) is 147 Å². The monoisotopic (exact) mass is 1780 g/mol. The van der Waals surface area contributed by atoms with Gasteiger partial charge in [-0.1, -0.05) is 88.8 Å². The number of piperidine rings is 1. The molecule has 5 aliphatic heterocycles. The first-order valence-electron chi connectivity index (χ1n) is 45.3. The number of carbonyl (C=O) groups excluding carboxylic acids is 5. The Labute approximate surface area is 748 Å². The molecule has 6 aliphatic rings. The maximum atomic E-state index is 14.9. The molecule has 3 saturated heterocycles. The summed E-state index contributed by atoms with van der Waals surface area (Å²) >= 11 is 0. The maximum absolute atomic E-state index is 14.9. The van der Waals surface area contributed by atoms with Crippen molar-refractivity contribution in [2.75, 3.05) is 136 Å². The van der Waals surface area contributed by atoms with Crippen LogP contribution in [0.25, 0.3) is 33.4 Å². The molecule has 1 aliphatic carbocycles. The highest BCUT2D eigenvalue weighted by Crippen LogP contribution is 2.40. The number of carbonyl (C=O) groups is 5. The number of hydrogen-bond donors (Lipinski definition) is 8. The number of cyclic esters (lactones) is 1. The lowest BCUT2D eigenvalue weighted by Crippen LogP contribution is -2.62. The van der Waals surface area contributed by atoms with E-state index in [0.717, 1.165) is 61.4 Å². The third-order valence-electron chi connectivity index (χ3n) is 26.0. The molecule has 1 saturated carbocycles. The number of nitrogens with zero attached hydrogens (tertiary/aromatic N) is 11. The number of allylic oxidation sites excluding steroid dienone is 5. The van der Waals surface area contributed by atoms with Gasteiger partial charge in [-0.05, 0) is 136 Å². The Morgan fingerprint density at radius 1 is 0.719 bits per heavy atom. The minimum atomic E-state index is -2.39. The van der Waals surface area contributed by atoms with Gasteiger partial charge in [0, 0.05) is 140 Å². The van der Waals surface area contributed by atoms with Crippen molar-refractivity contribution >= 4 is 69.5 Å². The van der Waals surface area contributed by atoms with Crippen molar-refractivity contribution in [2.24, 2.45) is 35.3 Å². The molecule has 12 rings (SSSR count). The van der Waals surface area contributed by atoms with Crippen LogP contribution in [0, 0.1) is 29.6 Å². The van der Waals surface area contributed by atoms with Gasteiger partial charge in [0.15, 0.2) is 23.2 Å². The van der Waals surface area contributed by atoms with Crippen LogP contribution in [0.5, 0.6) is 0 Å². The number of nitrogens with two attached hydrogens (primary N) is 3. The number of rotatable bonds is 28. The molecule has 700 valence electrons. The number of ketones is 2. The van der Waals surface area contributed by atoms with Gasteiger partial charge < -0.3 is 105 Å². The smallest absolute Gasteiger partial charge is 0.407 e. The highest BCUT2D eigenvalue weighted by molar-refractivity contribution is 5.99. The number of amides is 2. The van der Waals surface area contributed by atoms with E-state index in [1.807, 2.05) is 72.9 Å². The highest BCUT2D eigenvalue weighted by atomic mass is 16.6. The Balaban J connectivity index is 0.532. The summed E-state index contributed by atoms with van der Waals surface area (Å²) in [4.78, 5) is 100. The zero-order valence-electron chi connectivity index (χ0n) is 75.5. The second-order valence-corrected chi connectivity index (χ2v) is 35.1. The fraction of sp³-hybridized carbons (Fsp3) is 0.624. The third kappa shape index (κ3) is 25.9. The summed E-state index contributed by atoms with van der Waals surface area (Å²) in [5, 5.41) is 55.6. The predicted molar refractivity (Wildman–Crippen MR) is 477 cm³/mol. The van der Waals surface area contributed by atoms with Gasteiger partial charge in [0.1, 0.15) is 53.8 Å². The molecule has 11 N–H and O–H groups in total. The summed E-state index contributed by atoms with van der Waals surface area (Å²) in [6.45, 7) is 19.8. The van der Waals surface area contributed by atoms with Crippen molar-refractivity contribution in [3.63, 3.8) is 0 Å². The van der Waals surface area contributed by atoms with Crippen molar-refractivity contribution in [3.8, 4) is 11.3 Å². The molecule has 35 heteroatoms. The number of hydrogen-bond acceptors (Lipinski definition) is 32. The number of alkyl carbamates (subject to hydrolysis) is 1. The number of ether oxygens (including phenoxy) is 10. The number of piperazine rings is 1. The number of Topliss-reactive ketones (excluding diaryl/α,β-unsaturated/α-hetero) is 2. The van der Waals surface area contributed by atoms with Gasteiger partial charge in [-0.3, -0.25) is 29.0 Å². The number of fused-ring (bicyclic) bond motifs is 6. The fourth-order valence-electron chi connectivity index (χ4n) is 18.3. The molecule has 0 spiro atoms. The molecule has 35 nitrogen and oxygen atoms in total. The minimum absolute atomic E-state index is 0.0436. The van der Waals surface area contributed by atoms with E-state index in [4.69, 9.17) is 74.1 Å². The first-order valence-corrected chi connectivity index (χ1v) is 45.3. The number of nitrogens with one attached hydrogen (secondary N) is 1. The number of anilines is 3.